The first-order valence-electron chi connectivity index (χ1n) is 3.07. The molecule has 0 aliphatic heterocycles. The van der Waals surface area contributed by atoms with Gasteiger partial charge in [0, 0.05) is 6.54 Å². The summed E-state index contributed by atoms with van der Waals surface area (Å²) in [4.78, 5) is 10.1. The SMILES string of the molecule is CC(N)(O)NCC(N)C(=O)O. The lowest BCUT2D eigenvalue weighted by Crippen LogP contribution is -2.55. The first kappa shape index (κ1) is 10.3. The van der Waals surface area contributed by atoms with Crippen molar-refractivity contribution in [3.63, 3.8) is 0 Å². The molecule has 0 rings (SSSR count). The van der Waals surface area contributed by atoms with Crippen LogP contribution in [0, 0.1) is 0 Å². The molecule has 0 amide bonds. The summed E-state index contributed by atoms with van der Waals surface area (Å²) in [6.45, 7) is 1.22. The number of nitrogens with two attached hydrogens (primary N) is 2. The van der Waals surface area contributed by atoms with Crippen LogP contribution in [0.15, 0.2) is 0 Å². The van der Waals surface area contributed by atoms with E-state index in [4.69, 9.17) is 21.7 Å². The van der Waals surface area contributed by atoms with Gasteiger partial charge in [0.15, 0.2) is 5.85 Å². The maximum atomic E-state index is 10.1. The zero-order valence-corrected chi connectivity index (χ0v) is 6.24. The van der Waals surface area contributed by atoms with E-state index in [0.717, 1.165) is 0 Å². The smallest absolute Gasteiger partial charge is 0.321 e. The van der Waals surface area contributed by atoms with Gasteiger partial charge in [0.2, 0.25) is 0 Å². The highest BCUT2D eigenvalue weighted by atomic mass is 16.4. The van der Waals surface area contributed by atoms with Crippen LogP contribution in [-0.4, -0.2) is 34.6 Å². The fourth-order valence-corrected chi connectivity index (χ4v) is 0.404. The van der Waals surface area contributed by atoms with Gasteiger partial charge in [0.05, 0.1) is 0 Å². The number of nitrogens with one attached hydrogen (secondary N) is 1. The van der Waals surface area contributed by atoms with E-state index >= 15 is 0 Å². The molecule has 66 valence electrons. The largest absolute Gasteiger partial charge is 0.480 e. The number of aliphatic hydroxyl groups is 1. The Kier molecular flexibility index (Phi) is 3.40. The minimum atomic E-state index is -1.58. The van der Waals surface area contributed by atoms with E-state index in [-0.39, 0.29) is 6.54 Å². The quantitative estimate of drug-likeness (QED) is 0.295. The molecule has 2 unspecified atom stereocenters. The Labute approximate surface area is 64.2 Å². The molecule has 0 aliphatic rings. The number of carbonyl (C=O) groups is 1. The first-order chi connectivity index (χ1) is 4.83. The van der Waals surface area contributed by atoms with Gasteiger partial charge in [0.25, 0.3) is 0 Å². The Balaban J connectivity index is 3.63. The summed E-state index contributed by atoms with van der Waals surface area (Å²) in [6, 6.07) is -1.05. The van der Waals surface area contributed by atoms with Crippen LogP contribution in [0.25, 0.3) is 0 Å². The number of hydrogen-bond donors (Lipinski definition) is 5. The van der Waals surface area contributed by atoms with Crippen molar-refractivity contribution in [1.29, 1.82) is 0 Å². The monoisotopic (exact) mass is 163 g/mol. The molecule has 0 fully saturated rings. The summed E-state index contributed by atoms with van der Waals surface area (Å²) in [5, 5.41) is 19.5. The van der Waals surface area contributed by atoms with E-state index < -0.39 is 17.9 Å². The van der Waals surface area contributed by atoms with Gasteiger partial charge >= 0.3 is 5.97 Å². The molecule has 11 heavy (non-hydrogen) atoms. The van der Waals surface area contributed by atoms with E-state index in [1.165, 1.54) is 6.92 Å². The third kappa shape index (κ3) is 5.74. The Morgan fingerprint density at radius 1 is 1.82 bits per heavy atom. The molecule has 0 saturated carbocycles. The summed E-state index contributed by atoms with van der Waals surface area (Å²) in [7, 11) is 0. The van der Waals surface area contributed by atoms with Gasteiger partial charge in [-0.2, -0.15) is 0 Å². The van der Waals surface area contributed by atoms with Crippen LogP contribution in [0.1, 0.15) is 6.92 Å². The molecule has 7 N–H and O–H groups in total. The lowest BCUT2D eigenvalue weighted by molar-refractivity contribution is -0.138. The predicted octanol–water partition coefficient (Wildman–Crippen LogP) is -2.39. The fourth-order valence-electron chi connectivity index (χ4n) is 0.404. The standard InChI is InChI=1S/C5H13N3O3/c1-5(7,11)8-2-3(6)4(9)10/h3,8,11H,2,6-7H2,1H3,(H,9,10). The Morgan fingerprint density at radius 2 is 2.27 bits per heavy atom. The second-order valence-electron chi connectivity index (χ2n) is 2.47. The van der Waals surface area contributed by atoms with Gasteiger partial charge in [-0.1, -0.05) is 0 Å². The van der Waals surface area contributed by atoms with E-state index in [0.29, 0.717) is 0 Å². The van der Waals surface area contributed by atoms with Crippen molar-refractivity contribution in [3.05, 3.63) is 0 Å². The fraction of sp³-hybridized carbons (Fsp3) is 0.800. The molecule has 0 bridgehead atoms. The van der Waals surface area contributed by atoms with Gasteiger partial charge in [0.1, 0.15) is 6.04 Å². The second-order valence-corrected chi connectivity index (χ2v) is 2.47. The Morgan fingerprint density at radius 3 is 2.55 bits per heavy atom. The number of carboxylic acids is 1. The van der Waals surface area contributed by atoms with E-state index in [1.807, 2.05) is 0 Å². The van der Waals surface area contributed by atoms with Gasteiger partial charge in [-0.05, 0) is 6.92 Å². The molecule has 6 heteroatoms. The molecule has 0 aromatic rings. The maximum Gasteiger partial charge on any atom is 0.321 e. The third-order valence-corrected chi connectivity index (χ3v) is 0.997. The van der Waals surface area contributed by atoms with Crippen molar-refractivity contribution in [2.24, 2.45) is 11.5 Å². The molecule has 0 aromatic carbocycles. The zero-order chi connectivity index (χ0) is 9.07. The molecule has 0 aliphatic carbocycles. The first-order valence-corrected chi connectivity index (χ1v) is 3.07. The average Bonchev–Trinajstić information content (AvgIpc) is 1.80. The van der Waals surface area contributed by atoms with Crippen LogP contribution in [0.4, 0.5) is 0 Å². The maximum absolute atomic E-state index is 10.1. The molecule has 6 nitrogen and oxygen atoms in total. The molecule has 0 radical (unpaired) electrons. The molecule has 2 atom stereocenters. The van der Waals surface area contributed by atoms with Crippen LogP contribution in [0.5, 0.6) is 0 Å². The van der Waals surface area contributed by atoms with Crippen LogP contribution in [-0.2, 0) is 4.79 Å². The second kappa shape index (κ2) is 3.63. The van der Waals surface area contributed by atoms with Gasteiger partial charge in [-0.15, -0.1) is 0 Å². The third-order valence-electron chi connectivity index (χ3n) is 0.997. The minimum absolute atomic E-state index is 0.0706. The summed E-state index contributed by atoms with van der Waals surface area (Å²) in [5.41, 5.74) is 10.2. The van der Waals surface area contributed by atoms with E-state index in [1.54, 1.807) is 0 Å². The summed E-state index contributed by atoms with van der Waals surface area (Å²) < 4.78 is 0. The Hall–Kier alpha value is -0.690. The zero-order valence-electron chi connectivity index (χ0n) is 6.24. The summed E-state index contributed by atoms with van der Waals surface area (Å²) in [6.07, 6.45) is 0. The van der Waals surface area contributed by atoms with Crippen molar-refractivity contribution in [2.45, 2.75) is 18.8 Å². The number of hydrogen-bond acceptors (Lipinski definition) is 5. The highest BCUT2D eigenvalue weighted by Gasteiger charge is 2.17. The number of carboxylic acid groups (broad SMARTS) is 1. The normalized spacial score (nSPS) is 18.9. The van der Waals surface area contributed by atoms with Gasteiger partial charge in [-0.25, -0.2) is 0 Å². The number of rotatable bonds is 4. The highest BCUT2D eigenvalue weighted by Crippen LogP contribution is 1.85. The van der Waals surface area contributed by atoms with Crippen molar-refractivity contribution < 1.29 is 15.0 Å². The van der Waals surface area contributed by atoms with Gasteiger partial charge < -0.3 is 15.9 Å². The van der Waals surface area contributed by atoms with Crippen molar-refractivity contribution in [3.8, 4) is 0 Å². The van der Waals surface area contributed by atoms with Gasteiger partial charge in [-0.3, -0.25) is 15.8 Å². The lowest BCUT2D eigenvalue weighted by atomic mass is 10.3. The van der Waals surface area contributed by atoms with Crippen LogP contribution < -0.4 is 16.8 Å². The lowest BCUT2D eigenvalue weighted by Gasteiger charge is -2.20. The van der Waals surface area contributed by atoms with Crippen molar-refractivity contribution in [1.82, 2.24) is 5.32 Å². The van der Waals surface area contributed by atoms with Crippen LogP contribution in [0.3, 0.4) is 0 Å². The minimum Gasteiger partial charge on any atom is -0.480 e. The molecular formula is C5H13N3O3. The average molecular weight is 163 g/mol. The molecule has 0 heterocycles. The van der Waals surface area contributed by atoms with Crippen molar-refractivity contribution >= 4 is 5.97 Å². The molecular weight excluding hydrogens is 150 g/mol. The highest BCUT2D eigenvalue weighted by molar-refractivity contribution is 5.73. The Bertz CT molecular complexity index is 142. The van der Waals surface area contributed by atoms with Crippen LogP contribution >= 0.6 is 0 Å². The van der Waals surface area contributed by atoms with E-state index in [9.17, 15) is 4.79 Å². The van der Waals surface area contributed by atoms with Crippen LogP contribution in [0.2, 0.25) is 0 Å². The molecule has 0 saturated heterocycles. The number of aliphatic carboxylic acids is 1. The summed E-state index contributed by atoms with van der Waals surface area (Å²) >= 11 is 0. The predicted molar refractivity (Wildman–Crippen MR) is 38.4 cm³/mol. The topological polar surface area (TPSA) is 122 Å². The molecule has 0 spiro atoms. The van der Waals surface area contributed by atoms with Crippen molar-refractivity contribution in [2.75, 3.05) is 6.54 Å². The molecule has 0 aromatic heterocycles. The van der Waals surface area contributed by atoms with E-state index in [2.05, 4.69) is 5.32 Å². The summed E-state index contributed by atoms with van der Waals surface area (Å²) in [5.74, 6) is -2.71.